The van der Waals surface area contributed by atoms with Gasteiger partial charge in [0.05, 0.1) is 55.9 Å². The first-order chi connectivity index (χ1) is 20.2. The lowest BCUT2D eigenvalue weighted by Gasteiger charge is -2.24. The molecule has 42 heavy (non-hydrogen) atoms. The second-order valence-corrected chi connectivity index (χ2v) is 11.4. The fourth-order valence-corrected chi connectivity index (χ4v) is 6.00. The second-order valence-electron chi connectivity index (χ2n) is 9.05. The van der Waals surface area contributed by atoms with Gasteiger partial charge in [0.15, 0.2) is 21.5 Å². The molecule has 0 N–H and O–H groups in total. The number of aromatic nitrogens is 4. The smallest absolute Gasteiger partial charge is 0.213 e. The number of nitrogens with zero attached hydrogens (tertiary/aromatic N) is 6. The Balaban J connectivity index is 1.86. The number of rotatable bonds is 11. The highest BCUT2D eigenvalue weighted by molar-refractivity contribution is 7.91. The standard InChI is InChI=1S/C29H28N6O6S/c1-18(28(41-5)21-13-12-19(15-30)14-20(21)16-31)42(36,37)17-25-33-34-29(22-8-6-11-26(32-22)40-4)35(25)27-23(38-2)9-7-10-24(27)39-3/h6-14,18,28H,17H2,1-5H3/t18-,28-/m0/s1. The summed E-state index contributed by atoms with van der Waals surface area (Å²) in [6, 6.07) is 18.7. The van der Waals surface area contributed by atoms with Crippen molar-refractivity contribution in [1.82, 2.24) is 19.7 Å². The van der Waals surface area contributed by atoms with Crippen molar-refractivity contribution in [2.75, 3.05) is 28.4 Å². The first kappa shape index (κ1) is 30.0. The molecule has 0 radical (unpaired) electrons. The van der Waals surface area contributed by atoms with E-state index in [1.165, 1.54) is 58.1 Å². The zero-order chi connectivity index (χ0) is 30.4. The molecule has 0 aliphatic rings. The van der Waals surface area contributed by atoms with E-state index in [1.54, 1.807) is 36.4 Å². The van der Waals surface area contributed by atoms with Crippen LogP contribution in [-0.4, -0.2) is 61.9 Å². The van der Waals surface area contributed by atoms with Crippen LogP contribution in [-0.2, 0) is 20.3 Å². The van der Waals surface area contributed by atoms with Crippen LogP contribution in [0.4, 0.5) is 0 Å². The van der Waals surface area contributed by atoms with Crippen LogP contribution in [0.3, 0.4) is 0 Å². The Bertz CT molecular complexity index is 1770. The van der Waals surface area contributed by atoms with Crippen LogP contribution in [0.1, 0.15) is 35.5 Å². The average molecular weight is 589 g/mol. The Morgan fingerprint density at radius 3 is 2.19 bits per heavy atom. The maximum atomic E-state index is 13.9. The van der Waals surface area contributed by atoms with Crippen LogP contribution >= 0.6 is 0 Å². The molecule has 2 aromatic carbocycles. The summed E-state index contributed by atoms with van der Waals surface area (Å²) in [5.41, 5.74) is 1.53. The zero-order valence-electron chi connectivity index (χ0n) is 23.6. The molecule has 12 nitrogen and oxygen atoms in total. The van der Waals surface area contributed by atoms with Gasteiger partial charge in [0.1, 0.15) is 28.6 Å². The molecule has 0 amide bonds. The number of ether oxygens (including phenoxy) is 4. The van der Waals surface area contributed by atoms with Crippen LogP contribution in [0.15, 0.2) is 54.6 Å². The first-order valence-electron chi connectivity index (χ1n) is 12.6. The molecule has 2 atom stereocenters. The van der Waals surface area contributed by atoms with Gasteiger partial charge in [0.2, 0.25) is 5.88 Å². The third-order valence-corrected chi connectivity index (χ3v) is 8.74. The van der Waals surface area contributed by atoms with Crippen LogP contribution in [0.25, 0.3) is 17.2 Å². The summed E-state index contributed by atoms with van der Waals surface area (Å²) in [5, 5.41) is 26.4. The van der Waals surface area contributed by atoms with E-state index in [-0.39, 0.29) is 22.8 Å². The van der Waals surface area contributed by atoms with Gasteiger partial charge in [0, 0.05) is 13.2 Å². The molecular weight excluding hydrogens is 560 g/mol. The van der Waals surface area contributed by atoms with Crippen molar-refractivity contribution in [3.63, 3.8) is 0 Å². The lowest BCUT2D eigenvalue weighted by Crippen LogP contribution is -2.29. The van der Waals surface area contributed by atoms with E-state index in [9.17, 15) is 18.9 Å². The zero-order valence-corrected chi connectivity index (χ0v) is 24.4. The van der Waals surface area contributed by atoms with Gasteiger partial charge in [-0.3, -0.25) is 4.57 Å². The Morgan fingerprint density at radius 1 is 0.905 bits per heavy atom. The SMILES string of the molecule is COc1cccc(-c2nnc(CS(=O)(=O)[C@@H](C)[C@H](OC)c3ccc(C#N)cc3C#N)n2-c2c(OC)cccc2OC)n1. The highest BCUT2D eigenvalue weighted by Gasteiger charge is 2.35. The fraction of sp³-hybridized carbons (Fsp3) is 0.276. The largest absolute Gasteiger partial charge is 0.494 e. The molecule has 4 aromatic rings. The van der Waals surface area contributed by atoms with E-state index in [2.05, 4.69) is 15.2 Å². The summed E-state index contributed by atoms with van der Waals surface area (Å²) >= 11 is 0. The van der Waals surface area contributed by atoms with E-state index < -0.39 is 26.9 Å². The molecule has 0 saturated carbocycles. The normalized spacial score (nSPS) is 12.5. The molecule has 0 aliphatic heterocycles. The monoisotopic (exact) mass is 588 g/mol. The lowest BCUT2D eigenvalue weighted by atomic mass is 9.99. The quantitative estimate of drug-likeness (QED) is 0.250. The van der Waals surface area contributed by atoms with Gasteiger partial charge in [-0.1, -0.05) is 18.2 Å². The Morgan fingerprint density at radius 2 is 1.60 bits per heavy atom. The maximum absolute atomic E-state index is 13.9. The minimum absolute atomic E-state index is 0.0689. The van der Waals surface area contributed by atoms with E-state index in [0.29, 0.717) is 34.3 Å². The van der Waals surface area contributed by atoms with Crippen LogP contribution in [0.5, 0.6) is 17.4 Å². The third kappa shape index (κ3) is 5.74. The number of benzene rings is 2. The number of sulfone groups is 1. The molecule has 2 heterocycles. The minimum Gasteiger partial charge on any atom is -0.494 e. The van der Waals surface area contributed by atoms with Crippen LogP contribution in [0, 0.1) is 22.7 Å². The second kappa shape index (κ2) is 12.7. The van der Waals surface area contributed by atoms with E-state index in [1.807, 2.05) is 12.1 Å². The summed E-state index contributed by atoms with van der Waals surface area (Å²) in [6.45, 7) is 1.50. The summed E-state index contributed by atoms with van der Waals surface area (Å²) in [4.78, 5) is 4.47. The van der Waals surface area contributed by atoms with Crippen molar-refractivity contribution < 1.29 is 27.4 Å². The van der Waals surface area contributed by atoms with Crippen LogP contribution < -0.4 is 14.2 Å². The summed E-state index contributed by atoms with van der Waals surface area (Å²) in [6.07, 6.45) is -1.01. The molecule has 2 aromatic heterocycles. The molecule has 0 bridgehead atoms. The molecule has 216 valence electrons. The summed E-state index contributed by atoms with van der Waals surface area (Å²) < 4.78 is 51.5. The van der Waals surface area contributed by atoms with Gasteiger partial charge in [-0.05, 0) is 42.8 Å². The van der Waals surface area contributed by atoms with E-state index >= 15 is 0 Å². The van der Waals surface area contributed by atoms with Crippen molar-refractivity contribution in [3.8, 4) is 46.7 Å². The number of hydrogen-bond donors (Lipinski definition) is 0. The molecule has 0 fully saturated rings. The number of methoxy groups -OCH3 is 4. The Hall–Kier alpha value is -4.98. The Kier molecular flexibility index (Phi) is 9.06. The molecule has 0 aliphatic carbocycles. The topological polar surface area (TPSA) is 162 Å². The number of pyridine rings is 1. The van der Waals surface area contributed by atoms with Gasteiger partial charge in [-0.15, -0.1) is 10.2 Å². The fourth-order valence-electron chi connectivity index (χ4n) is 4.56. The Labute approximate surface area is 243 Å². The van der Waals surface area contributed by atoms with E-state index in [4.69, 9.17) is 18.9 Å². The maximum Gasteiger partial charge on any atom is 0.213 e. The molecule has 0 saturated heterocycles. The predicted octanol–water partition coefficient (Wildman–Crippen LogP) is 3.79. The third-order valence-electron chi connectivity index (χ3n) is 6.70. The van der Waals surface area contributed by atoms with Gasteiger partial charge < -0.3 is 18.9 Å². The minimum atomic E-state index is -4.01. The van der Waals surface area contributed by atoms with Crippen molar-refractivity contribution in [2.24, 2.45) is 0 Å². The lowest BCUT2D eigenvalue weighted by molar-refractivity contribution is 0.102. The average Bonchev–Trinajstić information content (AvgIpc) is 3.42. The van der Waals surface area contributed by atoms with E-state index in [0.717, 1.165) is 0 Å². The van der Waals surface area contributed by atoms with Crippen LogP contribution in [0.2, 0.25) is 0 Å². The first-order valence-corrected chi connectivity index (χ1v) is 14.3. The van der Waals surface area contributed by atoms with Crippen molar-refractivity contribution in [3.05, 3.63) is 77.1 Å². The molecule has 4 rings (SSSR count). The van der Waals surface area contributed by atoms with Gasteiger partial charge in [-0.25, -0.2) is 13.4 Å². The number of para-hydroxylation sites is 1. The molecule has 0 spiro atoms. The number of nitriles is 2. The highest BCUT2D eigenvalue weighted by Crippen LogP contribution is 2.37. The predicted molar refractivity (Wildman–Crippen MR) is 152 cm³/mol. The number of hydrogen-bond acceptors (Lipinski definition) is 11. The molecular formula is C29H28N6O6S. The summed E-state index contributed by atoms with van der Waals surface area (Å²) in [7, 11) is 1.80. The molecule has 13 heteroatoms. The van der Waals surface area contributed by atoms with Gasteiger partial charge in [0.25, 0.3) is 0 Å². The van der Waals surface area contributed by atoms with Crippen molar-refractivity contribution in [1.29, 1.82) is 10.5 Å². The van der Waals surface area contributed by atoms with Gasteiger partial charge >= 0.3 is 0 Å². The summed E-state index contributed by atoms with van der Waals surface area (Å²) in [5.74, 6) is 0.850. The highest BCUT2D eigenvalue weighted by atomic mass is 32.2. The van der Waals surface area contributed by atoms with Gasteiger partial charge in [-0.2, -0.15) is 10.5 Å². The van der Waals surface area contributed by atoms with Crippen molar-refractivity contribution in [2.45, 2.75) is 24.0 Å². The van der Waals surface area contributed by atoms with Crippen molar-refractivity contribution >= 4 is 9.84 Å². The molecule has 0 unspecified atom stereocenters.